The molecule has 0 aliphatic rings. The molecule has 4 heteroatoms. The molecule has 0 aliphatic carbocycles. The van der Waals surface area contributed by atoms with Crippen molar-refractivity contribution in [1.29, 1.82) is 0 Å². The number of anilines is 1. The summed E-state index contributed by atoms with van der Waals surface area (Å²) in [5.41, 5.74) is 5.62. The van der Waals surface area contributed by atoms with Gasteiger partial charge in [-0.2, -0.15) is 0 Å². The molecule has 0 fully saturated rings. The number of hydrogen-bond acceptors (Lipinski definition) is 3. The quantitative estimate of drug-likeness (QED) is 0.813. The third kappa shape index (κ3) is 2.73. The smallest absolute Gasteiger partial charge is 0.231 e. The van der Waals surface area contributed by atoms with Gasteiger partial charge in [0, 0.05) is 6.54 Å². The minimum Gasteiger partial charge on any atom is -0.495 e. The van der Waals surface area contributed by atoms with Crippen molar-refractivity contribution in [2.45, 2.75) is 13.8 Å². The number of para-hydroxylation sites is 2. The molecule has 0 heterocycles. The van der Waals surface area contributed by atoms with E-state index in [1.165, 1.54) is 0 Å². The first kappa shape index (κ1) is 12.5. The zero-order valence-corrected chi connectivity index (χ0v) is 9.91. The highest BCUT2D eigenvalue weighted by Crippen LogP contribution is 2.25. The van der Waals surface area contributed by atoms with Gasteiger partial charge in [-0.3, -0.25) is 4.79 Å². The summed E-state index contributed by atoms with van der Waals surface area (Å²) in [5.74, 6) is 0.531. The van der Waals surface area contributed by atoms with Gasteiger partial charge < -0.3 is 15.8 Å². The van der Waals surface area contributed by atoms with E-state index in [4.69, 9.17) is 10.5 Å². The molecule has 1 aromatic rings. The lowest BCUT2D eigenvalue weighted by molar-refractivity contribution is -0.123. The molecule has 4 nitrogen and oxygen atoms in total. The fourth-order valence-electron chi connectivity index (χ4n) is 1.13. The van der Waals surface area contributed by atoms with Gasteiger partial charge in [-0.1, -0.05) is 12.1 Å². The van der Waals surface area contributed by atoms with Crippen LogP contribution < -0.4 is 15.8 Å². The Labute approximate surface area is 95.8 Å². The number of methoxy groups -OCH3 is 1. The van der Waals surface area contributed by atoms with Crippen molar-refractivity contribution in [3.05, 3.63) is 24.3 Å². The number of hydrogen-bond donors (Lipinski definition) is 2. The Morgan fingerprint density at radius 3 is 2.62 bits per heavy atom. The van der Waals surface area contributed by atoms with Crippen molar-refractivity contribution in [3.63, 3.8) is 0 Å². The molecule has 1 amide bonds. The Morgan fingerprint density at radius 2 is 2.06 bits per heavy atom. The molecule has 1 rings (SSSR count). The molecule has 88 valence electrons. The van der Waals surface area contributed by atoms with Crippen LogP contribution in [0.4, 0.5) is 5.69 Å². The largest absolute Gasteiger partial charge is 0.495 e. The minimum absolute atomic E-state index is 0.112. The van der Waals surface area contributed by atoms with Crippen molar-refractivity contribution in [2.75, 3.05) is 19.0 Å². The summed E-state index contributed by atoms with van der Waals surface area (Å²) in [7, 11) is 1.57. The molecule has 0 saturated heterocycles. The van der Waals surface area contributed by atoms with Crippen LogP contribution >= 0.6 is 0 Å². The second-order valence-electron chi connectivity index (χ2n) is 4.24. The maximum atomic E-state index is 11.9. The first-order valence-corrected chi connectivity index (χ1v) is 5.16. The summed E-state index contributed by atoms with van der Waals surface area (Å²) in [5, 5.41) is 2.81. The number of nitrogens with two attached hydrogens (primary N) is 1. The Morgan fingerprint density at radius 1 is 1.44 bits per heavy atom. The van der Waals surface area contributed by atoms with Gasteiger partial charge in [-0.25, -0.2) is 0 Å². The molecule has 1 aromatic carbocycles. The van der Waals surface area contributed by atoms with Crippen LogP contribution in [0.1, 0.15) is 13.8 Å². The molecule has 0 bridgehead atoms. The zero-order chi connectivity index (χ0) is 12.2. The Bertz CT molecular complexity index is 375. The highest BCUT2D eigenvalue weighted by Gasteiger charge is 2.26. The Balaban J connectivity index is 2.85. The van der Waals surface area contributed by atoms with Gasteiger partial charge >= 0.3 is 0 Å². The van der Waals surface area contributed by atoms with Crippen molar-refractivity contribution in [3.8, 4) is 5.75 Å². The summed E-state index contributed by atoms with van der Waals surface area (Å²) < 4.78 is 5.15. The van der Waals surface area contributed by atoms with Crippen LogP contribution in [-0.2, 0) is 4.79 Å². The lowest BCUT2D eigenvalue weighted by Gasteiger charge is -2.21. The van der Waals surface area contributed by atoms with E-state index in [1.807, 2.05) is 12.1 Å². The van der Waals surface area contributed by atoms with E-state index in [1.54, 1.807) is 33.1 Å². The molecule has 16 heavy (non-hydrogen) atoms. The van der Waals surface area contributed by atoms with E-state index in [9.17, 15) is 4.79 Å². The van der Waals surface area contributed by atoms with Crippen molar-refractivity contribution >= 4 is 11.6 Å². The van der Waals surface area contributed by atoms with Crippen molar-refractivity contribution < 1.29 is 9.53 Å². The van der Waals surface area contributed by atoms with Crippen LogP contribution in [0.3, 0.4) is 0 Å². The highest BCUT2D eigenvalue weighted by atomic mass is 16.5. The van der Waals surface area contributed by atoms with Crippen LogP contribution in [0, 0.1) is 5.41 Å². The number of carbonyl (C=O) groups is 1. The number of benzene rings is 1. The lowest BCUT2D eigenvalue weighted by atomic mass is 9.92. The molecule has 3 N–H and O–H groups in total. The van der Waals surface area contributed by atoms with Crippen molar-refractivity contribution in [2.24, 2.45) is 11.1 Å². The van der Waals surface area contributed by atoms with Crippen LogP contribution in [0.5, 0.6) is 5.75 Å². The SMILES string of the molecule is COc1ccccc1NC(=O)C(C)(C)CN. The summed E-state index contributed by atoms with van der Waals surface area (Å²) >= 11 is 0. The van der Waals surface area contributed by atoms with Gasteiger partial charge in [-0.05, 0) is 26.0 Å². The molecule has 0 saturated carbocycles. The monoisotopic (exact) mass is 222 g/mol. The van der Waals surface area contributed by atoms with E-state index < -0.39 is 5.41 Å². The first-order valence-electron chi connectivity index (χ1n) is 5.16. The Kier molecular flexibility index (Phi) is 3.90. The number of nitrogens with one attached hydrogen (secondary N) is 1. The predicted molar refractivity (Wildman–Crippen MR) is 64.5 cm³/mol. The standard InChI is InChI=1S/C12H18N2O2/c1-12(2,8-13)11(15)14-9-6-4-5-7-10(9)16-3/h4-7H,8,13H2,1-3H3,(H,14,15). The highest BCUT2D eigenvalue weighted by molar-refractivity contribution is 5.96. The molecule has 0 aliphatic heterocycles. The van der Waals surface area contributed by atoms with Gasteiger partial charge in [0.2, 0.25) is 5.91 Å². The maximum absolute atomic E-state index is 11.9. The van der Waals surface area contributed by atoms with Crippen LogP contribution in [0.2, 0.25) is 0 Å². The number of carbonyl (C=O) groups excluding carboxylic acids is 1. The fraction of sp³-hybridized carbons (Fsp3) is 0.417. The molecule has 0 spiro atoms. The third-order valence-electron chi connectivity index (χ3n) is 2.48. The number of rotatable bonds is 4. The Hall–Kier alpha value is -1.55. The van der Waals surface area contributed by atoms with Crippen molar-refractivity contribution in [1.82, 2.24) is 0 Å². The number of amides is 1. The van der Waals surface area contributed by atoms with E-state index in [2.05, 4.69) is 5.32 Å². The van der Waals surface area contributed by atoms with Gasteiger partial charge in [0.05, 0.1) is 18.2 Å². The second kappa shape index (κ2) is 4.99. The molecular weight excluding hydrogens is 204 g/mol. The summed E-state index contributed by atoms with van der Waals surface area (Å²) in [6.45, 7) is 3.91. The molecule has 0 radical (unpaired) electrons. The number of ether oxygens (including phenoxy) is 1. The maximum Gasteiger partial charge on any atom is 0.231 e. The zero-order valence-electron chi connectivity index (χ0n) is 9.91. The third-order valence-corrected chi connectivity index (χ3v) is 2.48. The fourth-order valence-corrected chi connectivity index (χ4v) is 1.13. The van der Waals surface area contributed by atoms with E-state index in [0.717, 1.165) is 0 Å². The van der Waals surface area contributed by atoms with Gasteiger partial charge in [0.15, 0.2) is 0 Å². The van der Waals surface area contributed by atoms with E-state index >= 15 is 0 Å². The minimum atomic E-state index is -0.582. The molecule has 0 aromatic heterocycles. The molecular formula is C12H18N2O2. The lowest BCUT2D eigenvalue weighted by Crippen LogP contribution is -2.37. The topological polar surface area (TPSA) is 64.3 Å². The summed E-state index contributed by atoms with van der Waals surface area (Å²) in [4.78, 5) is 11.9. The summed E-state index contributed by atoms with van der Waals surface area (Å²) in [6, 6.07) is 7.28. The average molecular weight is 222 g/mol. The van der Waals surface area contributed by atoms with Crippen LogP contribution in [0.15, 0.2) is 24.3 Å². The van der Waals surface area contributed by atoms with Crippen LogP contribution in [-0.4, -0.2) is 19.6 Å². The van der Waals surface area contributed by atoms with E-state index in [0.29, 0.717) is 18.0 Å². The molecule has 0 unspecified atom stereocenters. The normalized spacial score (nSPS) is 11.0. The van der Waals surface area contributed by atoms with E-state index in [-0.39, 0.29) is 5.91 Å². The van der Waals surface area contributed by atoms with Gasteiger partial charge in [0.1, 0.15) is 5.75 Å². The van der Waals surface area contributed by atoms with Crippen LogP contribution in [0.25, 0.3) is 0 Å². The second-order valence-corrected chi connectivity index (χ2v) is 4.24. The first-order chi connectivity index (χ1) is 7.51. The molecule has 0 atom stereocenters. The van der Waals surface area contributed by atoms with Gasteiger partial charge in [-0.15, -0.1) is 0 Å². The average Bonchev–Trinajstić information content (AvgIpc) is 2.29. The predicted octanol–water partition coefficient (Wildman–Crippen LogP) is 1.62. The summed E-state index contributed by atoms with van der Waals surface area (Å²) in [6.07, 6.45) is 0. The van der Waals surface area contributed by atoms with Gasteiger partial charge in [0.25, 0.3) is 0 Å².